The molecule has 20 heavy (non-hydrogen) atoms. The number of halogens is 1. The second-order valence-electron chi connectivity index (χ2n) is 4.07. The van der Waals surface area contributed by atoms with Crippen LogP contribution in [-0.4, -0.2) is 42.3 Å². The Kier molecular flexibility index (Phi) is 5.13. The maximum absolute atomic E-state index is 13.2. The van der Waals surface area contributed by atoms with Gasteiger partial charge in [0.25, 0.3) is 5.91 Å². The zero-order valence-corrected chi connectivity index (χ0v) is 11.1. The van der Waals surface area contributed by atoms with Gasteiger partial charge in [-0.05, 0) is 12.1 Å². The number of nitro benzene ring substituents is 1. The lowest BCUT2D eigenvalue weighted by Crippen LogP contribution is -2.31. The normalized spacial score (nSPS) is 9.95. The maximum atomic E-state index is 13.2. The Bertz CT molecular complexity index is 548. The second-order valence-corrected chi connectivity index (χ2v) is 4.07. The fraction of sp³-hybridized carbons (Fsp3) is 0.333. The fourth-order valence-corrected chi connectivity index (χ4v) is 1.50. The minimum atomic E-state index is -1.00. The number of nitrogens with zero attached hydrogens (tertiary/aromatic N) is 2. The molecule has 0 aliphatic rings. The van der Waals surface area contributed by atoms with E-state index in [0.717, 1.165) is 12.1 Å². The zero-order chi connectivity index (χ0) is 15.3. The van der Waals surface area contributed by atoms with Gasteiger partial charge in [-0.2, -0.15) is 4.39 Å². The van der Waals surface area contributed by atoms with Crippen molar-refractivity contribution in [1.82, 2.24) is 10.2 Å². The molecule has 2 amide bonds. The summed E-state index contributed by atoms with van der Waals surface area (Å²) in [6, 6.07) is 2.92. The fourth-order valence-electron chi connectivity index (χ4n) is 1.50. The van der Waals surface area contributed by atoms with Gasteiger partial charge in [-0.15, -0.1) is 0 Å². The molecule has 0 spiro atoms. The molecule has 0 heterocycles. The van der Waals surface area contributed by atoms with Crippen LogP contribution in [0.25, 0.3) is 0 Å². The Balaban J connectivity index is 2.84. The maximum Gasteiger partial charge on any atom is 0.305 e. The van der Waals surface area contributed by atoms with Crippen LogP contribution in [0.15, 0.2) is 18.2 Å². The molecule has 0 fully saturated rings. The first kappa shape index (κ1) is 15.5. The average molecular weight is 283 g/mol. The first-order valence-corrected chi connectivity index (χ1v) is 5.76. The third kappa shape index (κ3) is 3.74. The van der Waals surface area contributed by atoms with E-state index in [1.54, 1.807) is 0 Å². The van der Waals surface area contributed by atoms with Gasteiger partial charge in [0, 0.05) is 38.7 Å². The SMILES string of the molecule is CNC(=O)CCN(C)C(=O)c1ccc(F)c([N+](=O)[O-])c1. The molecule has 0 radical (unpaired) electrons. The predicted molar refractivity (Wildman–Crippen MR) is 68.7 cm³/mol. The number of carbonyl (C=O) groups excluding carboxylic acids is 2. The van der Waals surface area contributed by atoms with E-state index in [-0.39, 0.29) is 24.4 Å². The Labute approximate surface area is 114 Å². The minimum Gasteiger partial charge on any atom is -0.359 e. The van der Waals surface area contributed by atoms with Gasteiger partial charge in [0.2, 0.25) is 11.7 Å². The molecule has 0 saturated heterocycles. The van der Waals surface area contributed by atoms with E-state index in [9.17, 15) is 24.1 Å². The molecule has 0 aromatic heterocycles. The van der Waals surface area contributed by atoms with Crippen LogP contribution in [-0.2, 0) is 4.79 Å². The van der Waals surface area contributed by atoms with Crippen molar-refractivity contribution in [2.24, 2.45) is 0 Å². The highest BCUT2D eigenvalue weighted by molar-refractivity contribution is 5.95. The van der Waals surface area contributed by atoms with Crippen LogP contribution in [0.3, 0.4) is 0 Å². The standard InChI is InChI=1S/C12H14FN3O4/c1-14-11(17)5-6-15(2)12(18)8-3-4-9(13)10(7-8)16(19)20/h3-4,7H,5-6H2,1-2H3,(H,14,17). The molecule has 1 rings (SSSR count). The summed E-state index contributed by atoms with van der Waals surface area (Å²) in [4.78, 5) is 34.0. The topological polar surface area (TPSA) is 92.6 Å². The summed E-state index contributed by atoms with van der Waals surface area (Å²) in [5, 5.41) is 13.0. The molecule has 1 aromatic rings. The molecule has 1 N–H and O–H groups in total. The Morgan fingerprint density at radius 1 is 1.45 bits per heavy atom. The van der Waals surface area contributed by atoms with Crippen molar-refractivity contribution < 1.29 is 18.9 Å². The number of hydrogen-bond acceptors (Lipinski definition) is 4. The molecule has 7 nitrogen and oxygen atoms in total. The first-order valence-electron chi connectivity index (χ1n) is 5.76. The largest absolute Gasteiger partial charge is 0.359 e. The van der Waals surface area contributed by atoms with E-state index in [4.69, 9.17) is 0 Å². The highest BCUT2D eigenvalue weighted by Crippen LogP contribution is 2.19. The predicted octanol–water partition coefficient (Wildman–Crippen LogP) is 0.942. The van der Waals surface area contributed by atoms with Gasteiger partial charge in [0.05, 0.1) is 4.92 Å². The summed E-state index contributed by atoms with van der Waals surface area (Å²) in [5.41, 5.74) is -0.756. The van der Waals surface area contributed by atoms with Gasteiger partial charge in [-0.1, -0.05) is 0 Å². The quantitative estimate of drug-likeness (QED) is 0.643. The number of benzene rings is 1. The van der Waals surface area contributed by atoms with Crippen LogP contribution >= 0.6 is 0 Å². The van der Waals surface area contributed by atoms with Gasteiger partial charge < -0.3 is 10.2 Å². The van der Waals surface area contributed by atoms with E-state index in [1.807, 2.05) is 0 Å². The van der Waals surface area contributed by atoms with E-state index < -0.39 is 22.3 Å². The van der Waals surface area contributed by atoms with Crippen molar-refractivity contribution >= 4 is 17.5 Å². The summed E-state index contributed by atoms with van der Waals surface area (Å²) >= 11 is 0. The third-order valence-corrected chi connectivity index (χ3v) is 2.69. The van der Waals surface area contributed by atoms with Crippen LogP contribution in [0.5, 0.6) is 0 Å². The van der Waals surface area contributed by atoms with Gasteiger partial charge in [-0.3, -0.25) is 19.7 Å². The van der Waals surface area contributed by atoms with Crippen molar-refractivity contribution in [1.29, 1.82) is 0 Å². The van der Waals surface area contributed by atoms with Crippen molar-refractivity contribution in [3.8, 4) is 0 Å². The van der Waals surface area contributed by atoms with Crippen molar-refractivity contribution in [3.05, 3.63) is 39.7 Å². The number of nitro groups is 1. The summed E-state index contributed by atoms with van der Waals surface area (Å²) in [7, 11) is 2.94. The van der Waals surface area contributed by atoms with Crippen LogP contribution in [0.1, 0.15) is 16.8 Å². The molecule has 0 bridgehead atoms. The van der Waals surface area contributed by atoms with Crippen LogP contribution < -0.4 is 5.32 Å². The molecule has 0 atom stereocenters. The van der Waals surface area contributed by atoms with Crippen LogP contribution in [0, 0.1) is 15.9 Å². The molecule has 0 saturated carbocycles. The van der Waals surface area contributed by atoms with Gasteiger partial charge in [0.1, 0.15) is 0 Å². The molecule has 108 valence electrons. The second kappa shape index (κ2) is 6.60. The molecule has 1 aromatic carbocycles. The smallest absolute Gasteiger partial charge is 0.305 e. The third-order valence-electron chi connectivity index (χ3n) is 2.69. The molecule has 0 aliphatic carbocycles. The lowest BCUT2D eigenvalue weighted by Gasteiger charge is -2.16. The van der Waals surface area contributed by atoms with E-state index in [2.05, 4.69) is 5.32 Å². The highest BCUT2D eigenvalue weighted by Gasteiger charge is 2.19. The number of rotatable bonds is 5. The molecule has 0 aliphatic heterocycles. The number of hydrogen-bond donors (Lipinski definition) is 1. The monoisotopic (exact) mass is 283 g/mol. The number of nitrogens with one attached hydrogen (secondary N) is 1. The van der Waals surface area contributed by atoms with Gasteiger partial charge >= 0.3 is 5.69 Å². The number of amides is 2. The van der Waals surface area contributed by atoms with Crippen molar-refractivity contribution in [3.63, 3.8) is 0 Å². The average Bonchev–Trinajstić information content (AvgIpc) is 2.43. The van der Waals surface area contributed by atoms with E-state index in [0.29, 0.717) is 0 Å². The van der Waals surface area contributed by atoms with Crippen molar-refractivity contribution in [2.75, 3.05) is 20.6 Å². The van der Waals surface area contributed by atoms with E-state index >= 15 is 0 Å². The first-order chi connectivity index (χ1) is 9.36. The summed E-state index contributed by atoms with van der Waals surface area (Å²) in [6.45, 7) is 0.156. The highest BCUT2D eigenvalue weighted by atomic mass is 19.1. The van der Waals surface area contributed by atoms with Gasteiger partial charge in [-0.25, -0.2) is 0 Å². The molecular weight excluding hydrogens is 269 g/mol. The van der Waals surface area contributed by atoms with Gasteiger partial charge in [0.15, 0.2) is 0 Å². The molecule has 8 heteroatoms. The number of carbonyl (C=O) groups is 2. The summed E-state index contributed by atoms with van der Waals surface area (Å²) in [6.07, 6.45) is 0.113. The Morgan fingerprint density at radius 2 is 2.10 bits per heavy atom. The van der Waals surface area contributed by atoms with Crippen molar-refractivity contribution in [2.45, 2.75) is 6.42 Å². The zero-order valence-electron chi connectivity index (χ0n) is 11.1. The van der Waals surface area contributed by atoms with E-state index in [1.165, 1.54) is 25.1 Å². The summed E-state index contributed by atoms with van der Waals surface area (Å²) < 4.78 is 13.2. The lowest BCUT2D eigenvalue weighted by atomic mass is 10.1. The van der Waals surface area contributed by atoms with Crippen LogP contribution in [0.2, 0.25) is 0 Å². The Hall–Kier alpha value is -2.51. The molecule has 0 unspecified atom stereocenters. The minimum absolute atomic E-state index is 0.00231. The summed E-state index contributed by atoms with van der Waals surface area (Å²) in [5.74, 6) is -1.74. The molecular formula is C12H14FN3O4. The Morgan fingerprint density at radius 3 is 2.65 bits per heavy atom. The lowest BCUT2D eigenvalue weighted by molar-refractivity contribution is -0.387. The van der Waals surface area contributed by atoms with Crippen LogP contribution in [0.4, 0.5) is 10.1 Å².